The molecule has 0 heterocycles. The highest BCUT2D eigenvalue weighted by atomic mass is 16.5. The van der Waals surface area contributed by atoms with E-state index in [1.54, 1.807) is 26.8 Å². The van der Waals surface area contributed by atoms with Crippen molar-refractivity contribution in [2.45, 2.75) is 41.5 Å². The zero-order valence-electron chi connectivity index (χ0n) is 13.7. The van der Waals surface area contributed by atoms with Crippen molar-refractivity contribution in [3.05, 3.63) is 28.3 Å². The fraction of sp³-hybridized carbons (Fsp3) is 0.353. The highest BCUT2D eigenvalue weighted by molar-refractivity contribution is 5.93. The number of allylic oxidation sites excluding steroid dienone is 1. The van der Waals surface area contributed by atoms with Crippen molar-refractivity contribution in [2.75, 3.05) is 0 Å². The fourth-order valence-corrected chi connectivity index (χ4v) is 2.09. The molecule has 0 saturated carbocycles. The minimum atomic E-state index is -0.459. The van der Waals surface area contributed by atoms with Crippen LogP contribution in [0.5, 0.6) is 11.5 Å². The number of rotatable bonds is 4. The Morgan fingerprint density at radius 2 is 1.23 bits per heavy atom. The number of carbonyl (C=O) groups is 3. The van der Waals surface area contributed by atoms with Crippen molar-refractivity contribution >= 4 is 23.8 Å². The van der Waals surface area contributed by atoms with E-state index in [0.717, 1.165) is 0 Å². The van der Waals surface area contributed by atoms with E-state index >= 15 is 0 Å². The van der Waals surface area contributed by atoms with Crippen LogP contribution in [-0.2, 0) is 14.4 Å². The van der Waals surface area contributed by atoms with Gasteiger partial charge < -0.3 is 9.47 Å². The normalized spacial score (nSPS) is 10.6. The minimum Gasteiger partial charge on any atom is -0.426 e. The Balaban J connectivity index is 3.65. The van der Waals surface area contributed by atoms with Crippen LogP contribution in [0.2, 0.25) is 0 Å². The molecule has 1 rings (SSSR count). The molecule has 0 aliphatic heterocycles. The molecular weight excluding hydrogens is 284 g/mol. The molecule has 0 amide bonds. The summed E-state index contributed by atoms with van der Waals surface area (Å²) in [5.74, 6) is -0.243. The summed E-state index contributed by atoms with van der Waals surface area (Å²) < 4.78 is 10.6. The average Bonchev–Trinajstić information content (AvgIpc) is 2.39. The molecule has 5 nitrogen and oxygen atoms in total. The van der Waals surface area contributed by atoms with Gasteiger partial charge in [-0.2, -0.15) is 0 Å². The second-order valence-corrected chi connectivity index (χ2v) is 5.08. The van der Waals surface area contributed by atoms with E-state index in [9.17, 15) is 14.4 Å². The van der Waals surface area contributed by atoms with Crippen molar-refractivity contribution in [2.24, 2.45) is 0 Å². The van der Waals surface area contributed by atoms with E-state index < -0.39 is 11.9 Å². The minimum absolute atomic E-state index is 0.138. The Morgan fingerprint density at radius 3 is 1.68 bits per heavy atom. The van der Waals surface area contributed by atoms with Gasteiger partial charge >= 0.3 is 11.9 Å². The molecule has 0 radical (unpaired) electrons. The van der Waals surface area contributed by atoms with E-state index in [4.69, 9.17) is 9.47 Å². The van der Waals surface area contributed by atoms with Gasteiger partial charge in [0.2, 0.25) is 0 Å². The molecule has 1 aromatic rings. The van der Waals surface area contributed by atoms with E-state index in [1.807, 2.05) is 0 Å². The van der Waals surface area contributed by atoms with Crippen molar-refractivity contribution in [3.8, 4) is 11.5 Å². The zero-order chi connectivity index (χ0) is 17.0. The van der Waals surface area contributed by atoms with Gasteiger partial charge in [-0.1, -0.05) is 0 Å². The molecule has 0 fully saturated rings. The van der Waals surface area contributed by atoms with Crippen molar-refractivity contribution in [1.82, 2.24) is 0 Å². The van der Waals surface area contributed by atoms with Gasteiger partial charge in [-0.05, 0) is 51.0 Å². The smallest absolute Gasteiger partial charge is 0.308 e. The Bertz CT molecular complexity index is 668. The molecule has 0 saturated heterocycles. The summed E-state index contributed by atoms with van der Waals surface area (Å²) in [6.07, 6.45) is 2.94. The molecule has 22 heavy (non-hydrogen) atoms. The Morgan fingerprint density at radius 1 is 0.773 bits per heavy atom. The Kier molecular flexibility index (Phi) is 5.63. The first-order valence-electron chi connectivity index (χ1n) is 6.84. The van der Waals surface area contributed by atoms with E-state index in [1.165, 1.54) is 26.8 Å². The first-order chi connectivity index (χ1) is 10.1. The number of ketones is 1. The summed E-state index contributed by atoms with van der Waals surface area (Å²) >= 11 is 0. The maximum atomic E-state index is 11.3. The quantitative estimate of drug-likeness (QED) is 0.486. The summed E-state index contributed by atoms with van der Waals surface area (Å²) in [6.45, 7) is 9.35. The molecular formula is C17H20O5. The fourth-order valence-electron chi connectivity index (χ4n) is 2.09. The van der Waals surface area contributed by atoms with Gasteiger partial charge in [-0.3, -0.25) is 14.4 Å². The molecule has 0 aliphatic carbocycles. The molecule has 0 N–H and O–H groups in total. The molecule has 1 aromatic carbocycles. The van der Waals surface area contributed by atoms with Crippen LogP contribution in [-0.4, -0.2) is 17.7 Å². The third kappa shape index (κ3) is 4.04. The number of hydrogen-bond acceptors (Lipinski definition) is 5. The van der Waals surface area contributed by atoms with Gasteiger partial charge in [-0.15, -0.1) is 0 Å². The highest BCUT2D eigenvalue weighted by Gasteiger charge is 2.20. The maximum absolute atomic E-state index is 11.3. The third-order valence-electron chi connectivity index (χ3n) is 3.21. The molecule has 118 valence electrons. The first kappa shape index (κ1) is 17.6. The molecule has 5 heteroatoms. The van der Waals surface area contributed by atoms with Gasteiger partial charge in [-0.25, -0.2) is 0 Å². The molecule has 0 atom stereocenters. The molecule has 0 spiro atoms. The van der Waals surface area contributed by atoms with Crippen LogP contribution < -0.4 is 9.47 Å². The molecule has 0 aliphatic rings. The summed E-state index contributed by atoms with van der Waals surface area (Å²) in [4.78, 5) is 33.8. The van der Waals surface area contributed by atoms with E-state index in [-0.39, 0.29) is 5.78 Å². The first-order valence-corrected chi connectivity index (χ1v) is 6.84. The number of esters is 2. The SMILES string of the molecule is CC(=O)C=Cc1c(C)c(OC(C)=O)c(C)c(C)c1OC(C)=O. The second-order valence-electron chi connectivity index (χ2n) is 5.08. The van der Waals surface area contributed by atoms with Crippen LogP contribution in [0.25, 0.3) is 6.08 Å². The van der Waals surface area contributed by atoms with Gasteiger partial charge in [0.25, 0.3) is 0 Å². The number of carbonyl (C=O) groups excluding carboxylic acids is 3. The molecule has 0 unspecified atom stereocenters. The predicted molar refractivity (Wildman–Crippen MR) is 83.0 cm³/mol. The summed E-state index contributed by atoms with van der Waals surface area (Å²) in [5, 5.41) is 0. The van der Waals surface area contributed by atoms with Gasteiger partial charge in [0.1, 0.15) is 11.5 Å². The number of hydrogen-bond donors (Lipinski definition) is 0. The van der Waals surface area contributed by atoms with Crippen molar-refractivity contribution < 1.29 is 23.9 Å². The van der Waals surface area contributed by atoms with Crippen LogP contribution in [0.3, 0.4) is 0 Å². The Hall–Kier alpha value is -2.43. The monoisotopic (exact) mass is 304 g/mol. The third-order valence-corrected chi connectivity index (χ3v) is 3.21. The largest absolute Gasteiger partial charge is 0.426 e. The maximum Gasteiger partial charge on any atom is 0.308 e. The summed E-state index contributed by atoms with van der Waals surface area (Å²) in [7, 11) is 0. The molecule has 0 aromatic heterocycles. The molecule has 0 bridgehead atoms. The van der Waals surface area contributed by atoms with Crippen molar-refractivity contribution in [1.29, 1.82) is 0 Å². The Labute approximate surface area is 129 Å². The van der Waals surface area contributed by atoms with Crippen LogP contribution in [0.15, 0.2) is 6.08 Å². The number of benzene rings is 1. The van der Waals surface area contributed by atoms with Crippen LogP contribution >= 0.6 is 0 Å². The summed E-state index contributed by atoms with van der Waals surface area (Å²) in [5.41, 5.74) is 2.57. The van der Waals surface area contributed by atoms with Crippen LogP contribution in [0.4, 0.5) is 0 Å². The predicted octanol–water partition coefficient (Wildman–Crippen LogP) is 3.06. The van der Waals surface area contributed by atoms with Crippen LogP contribution in [0, 0.1) is 20.8 Å². The topological polar surface area (TPSA) is 69.7 Å². The summed E-state index contributed by atoms with van der Waals surface area (Å²) in [6, 6.07) is 0. The lowest BCUT2D eigenvalue weighted by atomic mass is 9.96. The standard InChI is InChI=1S/C17H20O5/c1-9(18)7-8-15-12(4)16(21-13(5)19)10(2)11(3)17(15)22-14(6)20/h7-8H,1-6H3. The van der Waals surface area contributed by atoms with E-state index in [0.29, 0.717) is 33.8 Å². The lowest BCUT2D eigenvalue weighted by Crippen LogP contribution is -2.10. The lowest BCUT2D eigenvalue weighted by Gasteiger charge is -2.19. The average molecular weight is 304 g/mol. The second kappa shape index (κ2) is 7.02. The van der Waals surface area contributed by atoms with Gasteiger partial charge in [0, 0.05) is 25.0 Å². The van der Waals surface area contributed by atoms with Gasteiger partial charge in [0.15, 0.2) is 5.78 Å². The van der Waals surface area contributed by atoms with Crippen molar-refractivity contribution in [3.63, 3.8) is 0 Å². The van der Waals surface area contributed by atoms with Crippen LogP contribution in [0.1, 0.15) is 43.0 Å². The zero-order valence-corrected chi connectivity index (χ0v) is 13.7. The highest BCUT2D eigenvalue weighted by Crippen LogP contribution is 2.38. The van der Waals surface area contributed by atoms with E-state index in [2.05, 4.69) is 0 Å². The lowest BCUT2D eigenvalue weighted by molar-refractivity contribution is -0.133. The van der Waals surface area contributed by atoms with Gasteiger partial charge in [0.05, 0.1) is 0 Å². The number of ether oxygens (including phenoxy) is 2.